The largest absolute Gasteiger partial charge is 0.478 e. The van der Waals surface area contributed by atoms with Crippen molar-refractivity contribution in [1.29, 1.82) is 0 Å². The molecule has 0 bridgehead atoms. The van der Waals surface area contributed by atoms with Crippen molar-refractivity contribution in [3.05, 3.63) is 106 Å². The molecule has 0 spiro atoms. The fraction of sp³-hybridized carbons (Fsp3) is 0.273. The number of ether oxygens (including phenoxy) is 2. The van der Waals surface area contributed by atoms with Crippen LogP contribution >= 0.6 is 58.7 Å². The quantitative estimate of drug-likeness (QED) is 0.0860. The van der Waals surface area contributed by atoms with E-state index >= 15 is 0 Å². The first-order chi connectivity index (χ1) is 31.7. The van der Waals surface area contributed by atoms with Crippen molar-refractivity contribution in [3.63, 3.8) is 0 Å². The molecular weight excluding hydrogens is 947 g/mol. The summed E-state index contributed by atoms with van der Waals surface area (Å²) in [5.41, 5.74) is 9.94. The van der Waals surface area contributed by atoms with Crippen LogP contribution in [0.4, 0.5) is 21.6 Å². The zero-order valence-corrected chi connectivity index (χ0v) is 39.6. The van der Waals surface area contributed by atoms with E-state index in [2.05, 4.69) is 50.6 Å². The molecule has 2 atom stereocenters. The lowest BCUT2D eigenvalue weighted by atomic mass is 10.1. The lowest BCUT2D eigenvalue weighted by Crippen LogP contribution is -2.18. The second kappa shape index (κ2) is 22.1. The number of nitrogens with zero attached hydrogens (tertiary/aromatic N) is 8. The standard InChI is InChI=1S/C22H21ClN6O2S.C21H18ClN5O3S.CH5N.ClH/c1-24-21(30)14-6-4-5-13(11-14)20-27-22(32-28-20)26-16-8-9-17-15(19(16)23)12-25-29(17)18-7-2-3-10-31-18;22-18-14-11-23-27(17-6-1-2-9-30-17)16(14)8-7-15(18)24-21-25-19(26-31-21)12-4-3-5-13(10-12)20(28)29;1-2;/h4-6,8-9,11-12,18H,2-3,7,10H2,1H3,(H,24,30)(H,26,27,28);3-5,7-8,10-11,17H,1-2,6,9H2,(H,28,29)(H,24,25,26);2H2,1H3;1H. The Kier molecular flexibility index (Phi) is 16.2. The molecule has 6 N–H and O–H groups in total. The van der Waals surface area contributed by atoms with Gasteiger partial charge in [-0.1, -0.05) is 47.5 Å². The van der Waals surface area contributed by atoms with Crippen LogP contribution in [0.3, 0.4) is 0 Å². The van der Waals surface area contributed by atoms with Crippen molar-refractivity contribution in [1.82, 2.24) is 43.6 Å². The maximum atomic E-state index is 11.9. The second-order valence-electron chi connectivity index (χ2n) is 14.7. The lowest BCUT2D eigenvalue weighted by molar-refractivity contribution is -0.0367. The summed E-state index contributed by atoms with van der Waals surface area (Å²) >= 11 is 15.8. The Hall–Kier alpha value is -5.77. The van der Waals surface area contributed by atoms with Crippen LogP contribution in [0.15, 0.2) is 85.2 Å². The zero-order chi connectivity index (χ0) is 45.5. The molecule has 0 aliphatic carbocycles. The number of hydrogen-bond donors (Lipinski definition) is 5. The van der Waals surface area contributed by atoms with Gasteiger partial charge in [0, 0.05) is 70.8 Å². The number of nitrogens with two attached hydrogens (primary N) is 1. The molecule has 2 unspecified atom stereocenters. The van der Waals surface area contributed by atoms with E-state index in [0.29, 0.717) is 48.8 Å². The van der Waals surface area contributed by atoms with Gasteiger partial charge in [0.15, 0.2) is 24.1 Å². The van der Waals surface area contributed by atoms with Crippen LogP contribution in [-0.4, -0.2) is 82.6 Å². The van der Waals surface area contributed by atoms with E-state index in [4.69, 9.17) is 32.7 Å². The number of carbonyl (C=O) groups excluding carboxylic acids is 1. The number of halogens is 3. The Labute approximate surface area is 403 Å². The third kappa shape index (κ3) is 10.6. The monoisotopic (exact) mass is 990 g/mol. The fourth-order valence-electron chi connectivity index (χ4n) is 7.41. The molecule has 6 heterocycles. The first kappa shape index (κ1) is 48.2. The number of fused-ring (bicyclic) bond motifs is 2. The van der Waals surface area contributed by atoms with Crippen LogP contribution in [0.2, 0.25) is 10.0 Å². The molecule has 2 fully saturated rings. The van der Waals surface area contributed by atoms with Crippen LogP contribution in [0.1, 0.15) is 71.7 Å². The number of carbonyl (C=O) groups is 2. The molecule has 66 heavy (non-hydrogen) atoms. The number of anilines is 4. The first-order valence-corrected chi connectivity index (χ1v) is 23.0. The smallest absolute Gasteiger partial charge is 0.335 e. The first-order valence-electron chi connectivity index (χ1n) is 20.7. The van der Waals surface area contributed by atoms with Gasteiger partial charge in [0.05, 0.1) is 50.4 Å². The lowest BCUT2D eigenvalue weighted by Gasteiger charge is -2.23. The van der Waals surface area contributed by atoms with Crippen LogP contribution in [-0.2, 0) is 9.47 Å². The molecule has 10 rings (SSSR count). The highest BCUT2D eigenvalue weighted by Gasteiger charge is 2.22. The van der Waals surface area contributed by atoms with Gasteiger partial charge in [-0.3, -0.25) is 4.79 Å². The molecule has 1 amide bonds. The average molecular weight is 992 g/mol. The van der Waals surface area contributed by atoms with E-state index in [9.17, 15) is 14.7 Å². The Morgan fingerprint density at radius 1 is 0.712 bits per heavy atom. The van der Waals surface area contributed by atoms with E-state index in [0.717, 1.165) is 84.8 Å². The van der Waals surface area contributed by atoms with Gasteiger partial charge in [-0.05, 0) is 94.1 Å². The maximum Gasteiger partial charge on any atom is 0.335 e. The minimum atomic E-state index is -0.991. The van der Waals surface area contributed by atoms with Gasteiger partial charge < -0.3 is 36.3 Å². The molecule has 22 heteroatoms. The van der Waals surface area contributed by atoms with Crippen LogP contribution < -0.4 is 21.7 Å². The van der Waals surface area contributed by atoms with E-state index in [1.165, 1.54) is 36.2 Å². The normalized spacial score (nSPS) is 15.7. The molecule has 17 nitrogen and oxygen atoms in total. The number of nitrogens with one attached hydrogen (secondary N) is 3. The van der Waals surface area contributed by atoms with Crippen LogP contribution in [0.25, 0.3) is 44.6 Å². The van der Waals surface area contributed by atoms with Crippen molar-refractivity contribution in [2.24, 2.45) is 5.73 Å². The molecule has 4 aromatic heterocycles. The number of benzene rings is 4. The highest BCUT2D eigenvalue weighted by molar-refractivity contribution is 7.10. The minimum Gasteiger partial charge on any atom is -0.478 e. The van der Waals surface area contributed by atoms with Gasteiger partial charge in [0.2, 0.25) is 10.3 Å². The predicted molar refractivity (Wildman–Crippen MR) is 262 cm³/mol. The fourth-order valence-corrected chi connectivity index (χ4v) is 9.12. The molecule has 8 aromatic rings. The van der Waals surface area contributed by atoms with Crippen LogP contribution in [0.5, 0.6) is 0 Å². The Morgan fingerprint density at radius 2 is 1.18 bits per heavy atom. The van der Waals surface area contributed by atoms with Crippen molar-refractivity contribution in [2.75, 3.05) is 37.9 Å². The number of amides is 1. The number of hydrogen-bond acceptors (Lipinski definition) is 15. The predicted octanol–water partition coefficient (Wildman–Crippen LogP) is 10.4. The molecule has 2 saturated heterocycles. The number of carboxylic acid groups (broad SMARTS) is 1. The van der Waals surface area contributed by atoms with Crippen molar-refractivity contribution < 1.29 is 24.2 Å². The number of aromatic carboxylic acids is 1. The summed E-state index contributed by atoms with van der Waals surface area (Å²) in [7, 11) is 3.10. The Bertz CT molecular complexity index is 2950. The summed E-state index contributed by atoms with van der Waals surface area (Å²) in [5.74, 6) is -0.146. The third-order valence-corrected chi connectivity index (χ3v) is 12.7. The highest BCUT2D eigenvalue weighted by atomic mass is 35.5. The van der Waals surface area contributed by atoms with Crippen molar-refractivity contribution in [2.45, 2.75) is 51.0 Å². The van der Waals surface area contributed by atoms with E-state index in [-0.39, 0.29) is 36.3 Å². The highest BCUT2D eigenvalue weighted by Crippen LogP contribution is 2.38. The number of carboxylic acids is 1. The van der Waals surface area contributed by atoms with Crippen LogP contribution in [0, 0.1) is 0 Å². The zero-order valence-electron chi connectivity index (χ0n) is 35.6. The summed E-state index contributed by atoms with van der Waals surface area (Å²) in [6.45, 7) is 1.50. The molecule has 0 saturated carbocycles. The number of aromatic nitrogens is 8. The Balaban J connectivity index is 0.000000187. The molecule has 4 aromatic carbocycles. The average Bonchev–Trinajstić information content (AvgIpc) is 4.20. The maximum absolute atomic E-state index is 11.9. The SMILES string of the molecule is CN.CNC(=O)c1cccc(-c2nsc(Nc3ccc4c(cnn4C4CCCCO4)c3Cl)n2)c1.Cl.O=C(O)c1cccc(-c2nsc(Nc3ccc4c(cnn4C4CCCCO4)c3Cl)n2)c1. The summed E-state index contributed by atoms with van der Waals surface area (Å²) in [6.07, 6.45) is 9.72. The molecule has 2 aliphatic heterocycles. The van der Waals surface area contributed by atoms with Gasteiger partial charge in [0.1, 0.15) is 0 Å². The molecule has 2 aliphatic rings. The summed E-state index contributed by atoms with van der Waals surface area (Å²) in [5, 5.41) is 31.3. The van der Waals surface area contributed by atoms with Crippen molar-refractivity contribution >= 4 is 114 Å². The van der Waals surface area contributed by atoms with Gasteiger partial charge in [-0.25, -0.2) is 14.2 Å². The summed E-state index contributed by atoms with van der Waals surface area (Å²) in [4.78, 5) is 32.1. The van der Waals surface area contributed by atoms with Gasteiger partial charge >= 0.3 is 5.97 Å². The van der Waals surface area contributed by atoms with Crippen molar-refractivity contribution in [3.8, 4) is 22.8 Å². The molecular formula is C44H45Cl3N12O5S2. The minimum absolute atomic E-state index is 0. The van der Waals surface area contributed by atoms with Gasteiger partial charge in [-0.2, -0.15) is 28.9 Å². The molecule has 0 radical (unpaired) electrons. The van der Waals surface area contributed by atoms with E-state index < -0.39 is 5.97 Å². The summed E-state index contributed by atoms with van der Waals surface area (Å²) in [6, 6.07) is 21.5. The summed E-state index contributed by atoms with van der Waals surface area (Å²) < 4.78 is 24.3. The van der Waals surface area contributed by atoms with E-state index in [1.807, 2.05) is 45.8 Å². The molecule has 344 valence electrons. The number of rotatable bonds is 10. The van der Waals surface area contributed by atoms with E-state index in [1.54, 1.807) is 49.8 Å². The third-order valence-electron chi connectivity index (χ3n) is 10.6. The van der Waals surface area contributed by atoms with Gasteiger partial charge in [-0.15, -0.1) is 12.4 Å². The topological polar surface area (TPSA) is 222 Å². The second-order valence-corrected chi connectivity index (χ2v) is 16.9. The Morgan fingerprint density at radius 3 is 1.62 bits per heavy atom. The van der Waals surface area contributed by atoms with Gasteiger partial charge in [0.25, 0.3) is 5.91 Å².